The van der Waals surface area contributed by atoms with Crippen LogP contribution in [0, 0.1) is 0 Å². The number of amides is 1. The summed E-state index contributed by atoms with van der Waals surface area (Å²) in [5.41, 5.74) is 2.13. The smallest absolute Gasteiger partial charge is 0.259 e. The van der Waals surface area contributed by atoms with E-state index in [1.165, 1.54) is 17.3 Å². The van der Waals surface area contributed by atoms with Crippen LogP contribution in [0.3, 0.4) is 0 Å². The molecule has 3 aromatic rings. The minimum absolute atomic E-state index is 0.121. The fourth-order valence-corrected chi connectivity index (χ4v) is 3.87. The van der Waals surface area contributed by atoms with Crippen LogP contribution in [0.5, 0.6) is 5.75 Å². The molecule has 1 amide bonds. The zero-order valence-corrected chi connectivity index (χ0v) is 16.0. The zero-order chi connectivity index (χ0) is 20.2. The van der Waals surface area contributed by atoms with Crippen molar-refractivity contribution in [2.24, 2.45) is 0 Å². The third-order valence-corrected chi connectivity index (χ3v) is 5.33. The summed E-state index contributed by atoms with van der Waals surface area (Å²) in [7, 11) is 0. The minimum atomic E-state index is -0.433. The van der Waals surface area contributed by atoms with Gasteiger partial charge in [-0.1, -0.05) is 60.7 Å². The maximum atomic E-state index is 12.8. The Morgan fingerprint density at radius 3 is 1.97 bits per heavy atom. The number of hydrogen-bond acceptors (Lipinski definition) is 4. The third-order valence-electron chi connectivity index (χ3n) is 5.33. The summed E-state index contributed by atoms with van der Waals surface area (Å²) in [5, 5.41) is 9.95. The molecule has 1 fully saturated rings. The zero-order valence-electron chi connectivity index (χ0n) is 16.0. The van der Waals surface area contributed by atoms with Gasteiger partial charge in [-0.15, -0.1) is 0 Å². The van der Waals surface area contributed by atoms with Gasteiger partial charge in [-0.2, -0.15) is 0 Å². The van der Waals surface area contributed by atoms with Crippen molar-refractivity contribution < 1.29 is 9.90 Å². The van der Waals surface area contributed by atoms with E-state index in [4.69, 9.17) is 0 Å². The first-order valence-corrected chi connectivity index (χ1v) is 9.68. The lowest BCUT2D eigenvalue weighted by Crippen LogP contribution is -2.50. The van der Waals surface area contributed by atoms with Gasteiger partial charge in [0.05, 0.1) is 11.6 Å². The quantitative estimate of drug-likeness (QED) is 0.719. The van der Waals surface area contributed by atoms with Crippen molar-refractivity contribution in [3.63, 3.8) is 0 Å². The van der Waals surface area contributed by atoms with Crippen LogP contribution in [0.15, 0.2) is 77.7 Å². The number of aromatic hydroxyl groups is 1. The van der Waals surface area contributed by atoms with E-state index >= 15 is 0 Å². The number of nitrogens with one attached hydrogen (secondary N) is 1. The minimum Gasteiger partial charge on any atom is -0.507 e. The van der Waals surface area contributed by atoms with E-state index in [2.05, 4.69) is 34.1 Å². The van der Waals surface area contributed by atoms with Crippen molar-refractivity contribution >= 4 is 5.91 Å². The average molecular weight is 389 g/mol. The molecule has 2 heterocycles. The predicted molar refractivity (Wildman–Crippen MR) is 111 cm³/mol. The lowest BCUT2D eigenvalue weighted by Gasteiger charge is -2.39. The number of rotatable bonds is 4. The molecule has 0 saturated carbocycles. The van der Waals surface area contributed by atoms with Crippen molar-refractivity contribution in [3.05, 3.63) is 100.0 Å². The van der Waals surface area contributed by atoms with Crippen LogP contribution < -0.4 is 5.56 Å². The standard InChI is InChI=1S/C23H23N3O3/c27-20-15-21(28)24-16-19(20)23(29)26-13-11-25(12-14-26)22(17-7-3-1-4-8-17)18-9-5-2-6-10-18/h1-10,15-16,22H,11-14H2,(H2,24,27,28). The second-order valence-corrected chi connectivity index (χ2v) is 7.15. The molecule has 1 aliphatic heterocycles. The molecule has 0 atom stereocenters. The molecule has 6 nitrogen and oxygen atoms in total. The lowest BCUT2D eigenvalue weighted by molar-refractivity contribution is 0.0594. The molecule has 29 heavy (non-hydrogen) atoms. The number of nitrogens with zero attached hydrogens (tertiary/aromatic N) is 2. The average Bonchev–Trinajstić information content (AvgIpc) is 2.76. The number of piperazine rings is 1. The van der Waals surface area contributed by atoms with Crippen molar-refractivity contribution in [2.45, 2.75) is 6.04 Å². The Balaban J connectivity index is 1.52. The molecule has 0 bridgehead atoms. The number of aromatic amines is 1. The Morgan fingerprint density at radius 2 is 1.45 bits per heavy atom. The topological polar surface area (TPSA) is 76.6 Å². The molecule has 2 N–H and O–H groups in total. The molecule has 0 aliphatic carbocycles. The van der Waals surface area contributed by atoms with Gasteiger partial charge in [-0.05, 0) is 11.1 Å². The van der Waals surface area contributed by atoms with Crippen molar-refractivity contribution in [1.29, 1.82) is 0 Å². The summed E-state index contributed by atoms with van der Waals surface area (Å²) < 4.78 is 0. The SMILES string of the molecule is O=C(c1c[nH]c(=O)cc1O)N1CCN(C(c2ccccc2)c2ccccc2)CC1. The van der Waals surface area contributed by atoms with Gasteiger partial charge in [-0.25, -0.2) is 0 Å². The van der Waals surface area contributed by atoms with Crippen LogP contribution in [0.2, 0.25) is 0 Å². The number of benzene rings is 2. The molecule has 4 rings (SSSR count). The molecule has 2 aromatic carbocycles. The number of carbonyl (C=O) groups is 1. The van der Waals surface area contributed by atoms with Gasteiger partial charge < -0.3 is 15.0 Å². The van der Waals surface area contributed by atoms with Crippen LogP contribution in [0.4, 0.5) is 0 Å². The van der Waals surface area contributed by atoms with Crippen molar-refractivity contribution in [3.8, 4) is 5.75 Å². The molecule has 0 spiro atoms. The van der Waals surface area contributed by atoms with Crippen LogP contribution in [-0.4, -0.2) is 52.0 Å². The van der Waals surface area contributed by atoms with E-state index in [1.54, 1.807) is 4.90 Å². The molecule has 0 unspecified atom stereocenters. The van der Waals surface area contributed by atoms with Crippen LogP contribution in [0.1, 0.15) is 27.5 Å². The van der Waals surface area contributed by atoms with Crippen molar-refractivity contribution in [1.82, 2.24) is 14.8 Å². The Morgan fingerprint density at radius 1 is 0.897 bits per heavy atom. The number of carbonyl (C=O) groups excluding carboxylic acids is 1. The van der Waals surface area contributed by atoms with Gasteiger partial charge in [0.1, 0.15) is 5.75 Å². The summed E-state index contributed by atoms with van der Waals surface area (Å²) in [5.74, 6) is -0.554. The second-order valence-electron chi connectivity index (χ2n) is 7.15. The molecular formula is C23H23N3O3. The lowest BCUT2D eigenvalue weighted by atomic mass is 9.96. The normalized spacial score (nSPS) is 14.9. The monoisotopic (exact) mass is 389 g/mol. The van der Waals surface area contributed by atoms with Crippen LogP contribution in [0.25, 0.3) is 0 Å². The number of hydrogen-bond donors (Lipinski definition) is 2. The highest BCUT2D eigenvalue weighted by molar-refractivity contribution is 5.96. The van der Waals surface area contributed by atoms with E-state index in [0.717, 1.165) is 6.07 Å². The summed E-state index contributed by atoms with van der Waals surface area (Å²) in [6, 6.07) is 21.9. The van der Waals surface area contributed by atoms with Gasteiger partial charge in [-0.3, -0.25) is 14.5 Å². The Labute approximate surface area is 169 Å². The van der Waals surface area contributed by atoms with Crippen LogP contribution in [-0.2, 0) is 0 Å². The van der Waals surface area contributed by atoms with E-state index in [1.807, 2.05) is 36.4 Å². The molecule has 0 radical (unpaired) electrons. The summed E-state index contributed by atoms with van der Waals surface area (Å²) in [4.78, 5) is 30.6. The Bertz CT molecular complexity index is 986. The van der Waals surface area contributed by atoms with E-state index in [0.29, 0.717) is 26.2 Å². The molecule has 1 saturated heterocycles. The molecule has 1 aromatic heterocycles. The first-order valence-electron chi connectivity index (χ1n) is 9.68. The van der Waals surface area contributed by atoms with E-state index in [-0.39, 0.29) is 23.3 Å². The Hall–Kier alpha value is -3.38. The molecular weight excluding hydrogens is 366 g/mol. The van der Waals surface area contributed by atoms with Gasteiger partial charge in [0.25, 0.3) is 11.5 Å². The highest BCUT2D eigenvalue weighted by Crippen LogP contribution is 2.29. The van der Waals surface area contributed by atoms with Gasteiger partial charge in [0, 0.05) is 38.4 Å². The van der Waals surface area contributed by atoms with Crippen LogP contribution >= 0.6 is 0 Å². The fraction of sp³-hybridized carbons (Fsp3) is 0.217. The van der Waals surface area contributed by atoms with Gasteiger partial charge in [0.15, 0.2) is 0 Å². The maximum absolute atomic E-state index is 12.8. The second kappa shape index (κ2) is 8.32. The number of H-pyrrole nitrogens is 1. The highest BCUT2D eigenvalue weighted by atomic mass is 16.3. The van der Waals surface area contributed by atoms with Gasteiger partial charge in [0.2, 0.25) is 0 Å². The summed E-state index contributed by atoms with van der Waals surface area (Å²) in [6.07, 6.45) is 1.28. The fourth-order valence-electron chi connectivity index (χ4n) is 3.87. The van der Waals surface area contributed by atoms with E-state index < -0.39 is 5.56 Å². The van der Waals surface area contributed by atoms with E-state index in [9.17, 15) is 14.7 Å². The maximum Gasteiger partial charge on any atom is 0.259 e. The largest absolute Gasteiger partial charge is 0.507 e. The molecule has 148 valence electrons. The predicted octanol–water partition coefficient (Wildman–Crippen LogP) is 2.63. The first kappa shape index (κ1) is 19.0. The number of aromatic nitrogens is 1. The highest BCUT2D eigenvalue weighted by Gasteiger charge is 2.29. The molecule has 6 heteroatoms. The third kappa shape index (κ3) is 4.07. The van der Waals surface area contributed by atoms with Crippen molar-refractivity contribution in [2.75, 3.05) is 26.2 Å². The first-order chi connectivity index (χ1) is 14.1. The molecule has 1 aliphatic rings. The summed E-state index contributed by atoms with van der Waals surface area (Å²) in [6.45, 7) is 2.52. The number of pyridine rings is 1. The Kier molecular flexibility index (Phi) is 5.44. The summed E-state index contributed by atoms with van der Waals surface area (Å²) >= 11 is 0. The van der Waals surface area contributed by atoms with Gasteiger partial charge >= 0.3 is 0 Å².